The van der Waals surface area contributed by atoms with Crippen LogP contribution in [0, 0.1) is 13.8 Å². The molecular formula is C18H22F3N5O. The molecule has 0 aromatic carbocycles. The number of likely N-dealkylation sites (tertiary alicyclic amines) is 1. The van der Waals surface area contributed by atoms with E-state index in [0.717, 1.165) is 30.7 Å². The van der Waals surface area contributed by atoms with Crippen molar-refractivity contribution in [2.75, 3.05) is 13.1 Å². The van der Waals surface area contributed by atoms with Gasteiger partial charge >= 0.3 is 6.18 Å². The molecule has 1 atom stereocenters. The molecule has 1 fully saturated rings. The molecule has 1 aliphatic heterocycles. The van der Waals surface area contributed by atoms with Gasteiger partial charge in [0, 0.05) is 36.6 Å². The minimum absolute atomic E-state index is 0.00548. The highest BCUT2D eigenvalue weighted by Gasteiger charge is 2.31. The molecule has 1 amide bonds. The lowest BCUT2D eigenvalue weighted by molar-refractivity contribution is -0.137. The van der Waals surface area contributed by atoms with E-state index in [0.29, 0.717) is 24.5 Å². The topological polar surface area (TPSA) is 77.0 Å². The second-order valence-electron chi connectivity index (χ2n) is 6.76. The van der Waals surface area contributed by atoms with Crippen LogP contribution < -0.4 is 5.73 Å². The lowest BCUT2D eigenvalue weighted by Gasteiger charge is -2.23. The Morgan fingerprint density at radius 2 is 2.07 bits per heavy atom. The van der Waals surface area contributed by atoms with Crippen molar-refractivity contribution in [2.45, 2.75) is 45.3 Å². The number of nitrogens with zero attached hydrogens (tertiary/aromatic N) is 4. The van der Waals surface area contributed by atoms with Crippen molar-refractivity contribution in [3.05, 3.63) is 40.8 Å². The van der Waals surface area contributed by atoms with Gasteiger partial charge in [-0.1, -0.05) is 0 Å². The standard InChI is InChI=1S/C18H22F3N5O/c1-11-15(8-17(27)25-7-3-4-14(25)9-22)12(2)26(24-11)16-6-5-13(10-23-16)18(19,20)21/h5-6,10,14H,3-4,7-9,22H2,1-2H3. The maximum atomic E-state index is 12.7. The molecule has 3 rings (SSSR count). The fraction of sp³-hybridized carbons (Fsp3) is 0.500. The van der Waals surface area contributed by atoms with E-state index in [1.54, 1.807) is 13.8 Å². The molecule has 3 heterocycles. The number of hydrogen-bond acceptors (Lipinski definition) is 4. The third-order valence-corrected chi connectivity index (χ3v) is 5.03. The van der Waals surface area contributed by atoms with Gasteiger partial charge in [0.25, 0.3) is 0 Å². The Morgan fingerprint density at radius 1 is 1.33 bits per heavy atom. The minimum atomic E-state index is -4.44. The first-order valence-corrected chi connectivity index (χ1v) is 8.80. The SMILES string of the molecule is Cc1nn(-c2ccc(C(F)(F)F)cn2)c(C)c1CC(=O)N1CCCC1CN. The molecule has 2 N–H and O–H groups in total. The fourth-order valence-corrected chi connectivity index (χ4v) is 3.49. The molecule has 0 saturated carbocycles. The summed E-state index contributed by atoms with van der Waals surface area (Å²) in [5, 5.41) is 4.37. The zero-order chi connectivity index (χ0) is 19.8. The molecule has 6 nitrogen and oxygen atoms in total. The van der Waals surface area contributed by atoms with Crippen LogP contribution in [0.4, 0.5) is 13.2 Å². The van der Waals surface area contributed by atoms with Crippen LogP contribution in [0.3, 0.4) is 0 Å². The molecule has 146 valence electrons. The number of amides is 1. The molecule has 0 bridgehead atoms. The predicted molar refractivity (Wildman–Crippen MR) is 93.3 cm³/mol. The Balaban J connectivity index is 1.83. The summed E-state index contributed by atoms with van der Waals surface area (Å²) in [4.78, 5) is 18.4. The van der Waals surface area contributed by atoms with Gasteiger partial charge in [-0.25, -0.2) is 9.67 Å². The Morgan fingerprint density at radius 3 is 2.67 bits per heavy atom. The monoisotopic (exact) mass is 381 g/mol. The van der Waals surface area contributed by atoms with Gasteiger partial charge in [-0.2, -0.15) is 18.3 Å². The number of alkyl halides is 3. The number of halogens is 3. The Labute approximate surface area is 155 Å². The van der Waals surface area contributed by atoms with Crippen LogP contribution >= 0.6 is 0 Å². The number of nitrogens with two attached hydrogens (primary N) is 1. The second-order valence-corrected chi connectivity index (χ2v) is 6.76. The van der Waals surface area contributed by atoms with Gasteiger partial charge in [0.05, 0.1) is 17.7 Å². The highest BCUT2D eigenvalue weighted by Crippen LogP contribution is 2.29. The molecule has 27 heavy (non-hydrogen) atoms. The quantitative estimate of drug-likeness (QED) is 0.882. The third-order valence-electron chi connectivity index (χ3n) is 5.03. The number of carbonyl (C=O) groups excluding carboxylic acids is 1. The normalized spacial score (nSPS) is 17.6. The summed E-state index contributed by atoms with van der Waals surface area (Å²) in [6.07, 6.45) is -1.61. The summed E-state index contributed by atoms with van der Waals surface area (Å²) in [6.45, 7) is 4.71. The molecule has 2 aromatic heterocycles. The van der Waals surface area contributed by atoms with Crippen LogP contribution in [-0.4, -0.2) is 44.7 Å². The number of aryl methyl sites for hydroxylation is 1. The van der Waals surface area contributed by atoms with Crippen molar-refractivity contribution in [2.24, 2.45) is 5.73 Å². The van der Waals surface area contributed by atoms with Crippen molar-refractivity contribution in [3.8, 4) is 5.82 Å². The van der Waals surface area contributed by atoms with E-state index in [9.17, 15) is 18.0 Å². The summed E-state index contributed by atoms with van der Waals surface area (Å²) in [5.74, 6) is 0.275. The summed E-state index contributed by atoms with van der Waals surface area (Å²) >= 11 is 0. The first-order valence-electron chi connectivity index (χ1n) is 8.80. The van der Waals surface area contributed by atoms with Gasteiger partial charge in [0.1, 0.15) is 0 Å². The Kier molecular flexibility index (Phi) is 5.23. The minimum Gasteiger partial charge on any atom is -0.338 e. The van der Waals surface area contributed by atoms with Crippen molar-refractivity contribution in [1.29, 1.82) is 0 Å². The molecule has 0 radical (unpaired) electrons. The molecule has 0 spiro atoms. The smallest absolute Gasteiger partial charge is 0.338 e. The zero-order valence-corrected chi connectivity index (χ0v) is 15.3. The maximum absolute atomic E-state index is 12.7. The number of aromatic nitrogens is 3. The van der Waals surface area contributed by atoms with Crippen molar-refractivity contribution < 1.29 is 18.0 Å². The Hall–Kier alpha value is -2.42. The lowest BCUT2D eigenvalue weighted by atomic mass is 10.1. The molecule has 1 unspecified atom stereocenters. The summed E-state index contributed by atoms with van der Waals surface area (Å²) in [7, 11) is 0. The largest absolute Gasteiger partial charge is 0.417 e. The van der Waals surface area contributed by atoms with Crippen LogP contribution in [0.25, 0.3) is 5.82 Å². The Bertz CT molecular complexity index is 829. The van der Waals surface area contributed by atoms with E-state index >= 15 is 0 Å². The van der Waals surface area contributed by atoms with Gasteiger partial charge in [-0.15, -0.1) is 0 Å². The molecular weight excluding hydrogens is 359 g/mol. The zero-order valence-electron chi connectivity index (χ0n) is 15.3. The first kappa shape index (κ1) is 19.3. The highest BCUT2D eigenvalue weighted by molar-refractivity contribution is 5.80. The lowest BCUT2D eigenvalue weighted by Crippen LogP contribution is -2.40. The van der Waals surface area contributed by atoms with Crippen LogP contribution in [0.2, 0.25) is 0 Å². The van der Waals surface area contributed by atoms with E-state index in [1.165, 1.54) is 10.7 Å². The molecule has 1 saturated heterocycles. The average molecular weight is 381 g/mol. The number of hydrogen-bond donors (Lipinski definition) is 1. The van der Waals surface area contributed by atoms with Crippen LogP contribution in [0.15, 0.2) is 18.3 Å². The summed E-state index contributed by atoms with van der Waals surface area (Å²) in [6, 6.07) is 2.32. The van der Waals surface area contributed by atoms with Crippen LogP contribution in [0.1, 0.15) is 35.4 Å². The molecule has 2 aromatic rings. The maximum Gasteiger partial charge on any atom is 0.417 e. The van der Waals surface area contributed by atoms with E-state index < -0.39 is 11.7 Å². The van der Waals surface area contributed by atoms with Gasteiger partial charge in [-0.05, 0) is 38.8 Å². The summed E-state index contributed by atoms with van der Waals surface area (Å²) in [5.41, 5.74) is 7.04. The van der Waals surface area contributed by atoms with Gasteiger partial charge in [-0.3, -0.25) is 4.79 Å². The van der Waals surface area contributed by atoms with Crippen LogP contribution in [-0.2, 0) is 17.4 Å². The van der Waals surface area contributed by atoms with E-state index in [-0.39, 0.29) is 24.2 Å². The average Bonchev–Trinajstić information content (AvgIpc) is 3.21. The molecule has 1 aliphatic rings. The van der Waals surface area contributed by atoms with Crippen molar-refractivity contribution >= 4 is 5.91 Å². The molecule has 0 aliphatic carbocycles. The van der Waals surface area contributed by atoms with Crippen molar-refractivity contribution in [1.82, 2.24) is 19.7 Å². The first-order chi connectivity index (χ1) is 12.7. The predicted octanol–water partition coefficient (Wildman–Crippen LogP) is 2.40. The van der Waals surface area contributed by atoms with E-state index in [1.807, 2.05) is 4.90 Å². The van der Waals surface area contributed by atoms with Gasteiger partial charge in [0.15, 0.2) is 5.82 Å². The molecule has 9 heteroatoms. The highest BCUT2D eigenvalue weighted by atomic mass is 19.4. The fourth-order valence-electron chi connectivity index (χ4n) is 3.49. The second kappa shape index (κ2) is 7.30. The third kappa shape index (κ3) is 3.83. The number of rotatable bonds is 4. The van der Waals surface area contributed by atoms with Gasteiger partial charge in [0.2, 0.25) is 5.91 Å². The number of carbonyl (C=O) groups is 1. The van der Waals surface area contributed by atoms with Crippen LogP contribution in [0.5, 0.6) is 0 Å². The van der Waals surface area contributed by atoms with E-state index in [2.05, 4.69) is 10.1 Å². The van der Waals surface area contributed by atoms with Crippen molar-refractivity contribution in [3.63, 3.8) is 0 Å². The number of pyridine rings is 1. The van der Waals surface area contributed by atoms with E-state index in [4.69, 9.17) is 5.73 Å². The summed E-state index contributed by atoms with van der Waals surface area (Å²) < 4.78 is 39.6. The van der Waals surface area contributed by atoms with Gasteiger partial charge < -0.3 is 10.6 Å².